The zero-order valence-electron chi connectivity index (χ0n) is 12.2. The molecule has 0 aromatic rings. The molecular formula is C14H24Br2O4. The Balaban J connectivity index is 3.53. The van der Waals surface area contributed by atoms with Gasteiger partial charge in [-0.15, -0.1) is 0 Å². The average Bonchev–Trinajstić information content (AvgIpc) is 2.42. The molecular weight excluding hydrogens is 392 g/mol. The third-order valence-electron chi connectivity index (χ3n) is 2.62. The van der Waals surface area contributed by atoms with Gasteiger partial charge in [0.1, 0.15) is 9.65 Å². The number of esters is 2. The number of halogens is 2. The number of unbranched alkanes of at least 4 members (excludes halogenated alkanes) is 1. The molecule has 0 aliphatic carbocycles. The summed E-state index contributed by atoms with van der Waals surface area (Å²) in [5.74, 6) is -0.431. The molecule has 6 heteroatoms. The van der Waals surface area contributed by atoms with E-state index in [0.717, 1.165) is 25.7 Å². The minimum Gasteiger partial charge on any atom is -0.465 e. The molecule has 0 aromatic carbocycles. The van der Waals surface area contributed by atoms with Gasteiger partial charge in [0.2, 0.25) is 0 Å². The molecule has 4 nitrogen and oxygen atoms in total. The molecule has 0 spiro atoms. The fourth-order valence-electron chi connectivity index (χ4n) is 1.47. The highest BCUT2D eigenvalue weighted by atomic mass is 79.9. The molecule has 0 amide bonds. The van der Waals surface area contributed by atoms with Gasteiger partial charge >= 0.3 is 11.9 Å². The van der Waals surface area contributed by atoms with Crippen molar-refractivity contribution in [3.8, 4) is 0 Å². The molecule has 0 bridgehead atoms. The third kappa shape index (κ3) is 9.75. The number of hydrogen-bond acceptors (Lipinski definition) is 4. The maximum absolute atomic E-state index is 11.5. The van der Waals surface area contributed by atoms with Gasteiger partial charge in [0.25, 0.3) is 0 Å². The first-order chi connectivity index (χ1) is 9.52. The predicted molar refractivity (Wildman–Crippen MR) is 86.4 cm³/mol. The topological polar surface area (TPSA) is 52.6 Å². The molecule has 2 unspecified atom stereocenters. The second kappa shape index (κ2) is 12.6. The fraction of sp³-hybridized carbons (Fsp3) is 0.857. The first-order valence-corrected chi connectivity index (χ1v) is 8.97. The number of alkyl halides is 2. The maximum Gasteiger partial charge on any atom is 0.319 e. The van der Waals surface area contributed by atoms with Crippen molar-refractivity contribution >= 4 is 43.8 Å². The van der Waals surface area contributed by atoms with E-state index in [-0.39, 0.29) is 21.6 Å². The summed E-state index contributed by atoms with van der Waals surface area (Å²) in [6, 6.07) is 0. The summed E-state index contributed by atoms with van der Waals surface area (Å²) in [4.78, 5) is 22.5. The Labute approximate surface area is 138 Å². The van der Waals surface area contributed by atoms with Crippen molar-refractivity contribution in [2.45, 2.75) is 62.0 Å². The van der Waals surface area contributed by atoms with E-state index in [9.17, 15) is 9.59 Å². The van der Waals surface area contributed by atoms with Crippen LogP contribution in [0.4, 0.5) is 0 Å². The first-order valence-electron chi connectivity index (χ1n) is 7.14. The van der Waals surface area contributed by atoms with Gasteiger partial charge in [-0.3, -0.25) is 9.59 Å². The molecule has 0 heterocycles. The molecule has 0 saturated heterocycles. The zero-order valence-corrected chi connectivity index (χ0v) is 15.4. The number of carbonyl (C=O) groups is 2. The van der Waals surface area contributed by atoms with Crippen LogP contribution < -0.4 is 0 Å². The van der Waals surface area contributed by atoms with E-state index in [4.69, 9.17) is 9.47 Å². The Bertz CT molecular complexity index is 256. The molecule has 0 aliphatic heterocycles. The van der Waals surface area contributed by atoms with E-state index >= 15 is 0 Å². The average molecular weight is 416 g/mol. The predicted octanol–water partition coefficient (Wildman–Crippen LogP) is 3.98. The van der Waals surface area contributed by atoms with Crippen molar-refractivity contribution in [1.82, 2.24) is 0 Å². The monoisotopic (exact) mass is 414 g/mol. The van der Waals surface area contributed by atoms with E-state index in [1.54, 1.807) is 0 Å². The molecule has 0 rings (SSSR count). The van der Waals surface area contributed by atoms with Gasteiger partial charge in [-0.1, -0.05) is 58.5 Å². The van der Waals surface area contributed by atoms with E-state index in [1.165, 1.54) is 0 Å². The molecule has 0 aliphatic rings. The Hall–Kier alpha value is -0.100. The minimum atomic E-state index is -0.215. The van der Waals surface area contributed by atoms with Crippen molar-refractivity contribution < 1.29 is 19.1 Å². The Morgan fingerprint density at radius 3 is 1.50 bits per heavy atom. The summed E-state index contributed by atoms with van der Waals surface area (Å²) in [5, 5.41) is 0. The van der Waals surface area contributed by atoms with E-state index in [1.807, 2.05) is 13.8 Å². The van der Waals surface area contributed by atoms with Crippen LogP contribution in [0.25, 0.3) is 0 Å². The lowest BCUT2D eigenvalue weighted by molar-refractivity contribution is -0.145. The van der Waals surface area contributed by atoms with Crippen LogP contribution >= 0.6 is 31.9 Å². The van der Waals surface area contributed by atoms with Crippen LogP contribution in [-0.2, 0) is 19.1 Å². The van der Waals surface area contributed by atoms with Crippen molar-refractivity contribution in [1.29, 1.82) is 0 Å². The number of ether oxygens (including phenoxy) is 2. The van der Waals surface area contributed by atoms with Crippen LogP contribution in [0, 0.1) is 0 Å². The van der Waals surface area contributed by atoms with E-state index in [2.05, 4.69) is 31.9 Å². The van der Waals surface area contributed by atoms with Crippen LogP contribution in [0.5, 0.6) is 0 Å². The second-order valence-corrected chi connectivity index (χ2v) is 6.77. The molecule has 0 N–H and O–H groups in total. The molecule has 2 atom stereocenters. The van der Waals surface area contributed by atoms with E-state index in [0.29, 0.717) is 26.1 Å². The maximum atomic E-state index is 11.5. The van der Waals surface area contributed by atoms with E-state index < -0.39 is 0 Å². The summed E-state index contributed by atoms with van der Waals surface area (Å²) < 4.78 is 10.2. The highest BCUT2D eigenvalue weighted by molar-refractivity contribution is 9.10. The van der Waals surface area contributed by atoms with Gasteiger partial charge in [-0.2, -0.15) is 0 Å². The fourth-order valence-corrected chi connectivity index (χ4v) is 2.65. The highest BCUT2D eigenvalue weighted by Crippen LogP contribution is 2.11. The van der Waals surface area contributed by atoms with Gasteiger partial charge in [-0.25, -0.2) is 0 Å². The van der Waals surface area contributed by atoms with Crippen LogP contribution in [0.1, 0.15) is 52.4 Å². The lowest BCUT2D eigenvalue weighted by Gasteiger charge is -2.10. The normalized spacial score (nSPS) is 13.6. The molecule has 118 valence electrons. The van der Waals surface area contributed by atoms with Crippen LogP contribution in [0.3, 0.4) is 0 Å². The SMILES string of the molecule is CCCC(Br)C(=O)OCCCCOC(=O)C(Br)CCC. The standard InChI is InChI=1S/C14H24Br2O4/c1-3-7-11(15)13(17)19-9-5-6-10-20-14(18)12(16)8-4-2/h11-12H,3-10H2,1-2H3. The molecule has 0 fully saturated rings. The van der Waals surface area contributed by atoms with Crippen molar-refractivity contribution in [3.05, 3.63) is 0 Å². The smallest absolute Gasteiger partial charge is 0.319 e. The largest absolute Gasteiger partial charge is 0.465 e. The van der Waals surface area contributed by atoms with Gasteiger partial charge in [-0.05, 0) is 25.7 Å². The first kappa shape index (κ1) is 19.9. The second-order valence-electron chi connectivity index (χ2n) is 4.55. The van der Waals surface area contributed by atoms with Crippen LogP contribution in [0.2, 0.25) is 0 Å². The number of hydrogen-bond donors (Lipinski definition) is 0. The van der Waals surface area contributed by atoms with Crippen molar-refractivity contribution in [3.63, 3.8) is 0 Å². The lowest BCUT2D eigenvalue weighted by atomic mass is 10.2. The Morgan fingerprint density at radius 2 is 1.20 bits per heavy atom. The van der Waals surface area contributed by atoms with Crippen LogP contribution in [0.15, 0.2) is 0 Å². The van der Waals surface area contributed by atoms with Gasteiger partial charge in [0.15, 0.2) is 0 Å². The Kier molecular flexibility index (Phi) is 12.6. The third-order valence-corrected chi connectivity index (χ3v) is 4.29. The molecule has 20 heavy (non-hydrogen) atoms. The van der Waals surface area contributed by atoms with Gasteiger partial charge in [0.05, 0.1) is 13.2 Å². The Morgan fingerprint density at radius 1 is 0.850 bits per heavy atom. The molecule has 0 aromatic heterocycles. The molecule has 0 radical (unpaired) electrons. The quantitative estimate of drug-likeness (QED) is 0.291. The van der Waals surface area contributed by atoms with Gasteiger partial charge in [0, 0.05) is 0 Å². The van der Waals surface area contributed by atoms with Crippen molar-refractivity contribution in [2.75, 3.05) is 13.2 Å². The summed E-state index contributed by atoms with van der Waals surface area (Å²) >= 11 is 6.57. The van der Waals surface area contributed by atoms with Crippen molar-refractivity contribution in [2.24, 2.45) is 0 Å². The van der Waals surface area contributed by atoms with Crippen LogP contribution in [-0.4, -0.2) is 34.8 Å². The number of carbonyl (C=O) groups excluding carboxylic acids is 2. The summed E-state index contributed by atoms with van der Waals surface area (Å²) in [6.45, 7) is 4.78. The number of rotatable bonds is 11. The summed E-state index contributed by atoms with van der Waals surface area (Å²) in [7, 11) is 0. The van der Waals surface area contributed by atoms with Gasteiger partial charge < -0.3 is 9.47 Å². The summed E-state index contributed by atoms with van der Waals surface area (Å²) in [5.41, 5.74) is 0. The minimum absolute atomic E-state index is 0.214. The lowest BCUT2D eigenvalue weighted by Crippen LogP contribution is -2.19. The highest BCUT2D eigenvalue weighted by Gasteiger charge is 2.16. The molecule has 0 saturated carbocycles. The summed E-state index contributed by atoms with van der Waals surface area (Å²) in [6.07, 6.45) is 4.83. The zero-order chi connectivity index (χ0) is 15.4.